The molecule has 1 N–H and O–H groups in total. The zero-order valence-electron chi connectivity index (χ0n) is 9.14. The van der Waals surface area contributed by atoms with E-state index < -0.39 is 0 Å². The van der Waals surface area contributed by atoms with Gasteiger partial charge in [0.15, 0.2) is 6.79 Å². The molecule has 1 atom stereocenters. The quantitative estimate of drug-likeness (QED) is 0.329. The fourth-order valence-electron chi connectivity index (χ4n) is 1.17. The Balaban J connectivity index is 1.80. The molecule has 0 amide bonds. The van der Waals surface area contributed by atoms with E-state index in [0.717, 1.165) is 18.0 Å². The molecule has 0 bridgehead atoms. The number of hydrogen-bond acceptors (Lipinski definition) is 5. The monoisotopic (exact) mass is 225 g/mol. The van der Waals surface area contributed by atoms with Crippen molar-refractivity contribution in [2.45, 2.75) is 6.10 Å². The summed E-state index contributed by atoms with van der Waals surface area (Å²) in [5, 5.41) is 0. The van der Waals surface area contributed by atoms with Gasteiger partial charge in [-0.2, -0.15) is 0 Å². The summed E-state index contributed by atoms with van der Waals surface area (Å²) < 4.78 is 15.3. The Morgan fingerprint density at radius 2 is 2.38 bits per heavy atom. The standard InChI is InChI=1S/C11H15NO4/c1-13-8-16-12-9-3-2-4-10(5-9)14-6-11-7-15-11/h2-5,11-12H,6-8H2,1H3. The number of methoxy groups -OCH3 is 1. The van der Waals surface area contributed by atoms with E-state index in [0.29, 0.717) is 6.61 Å². The van der Waals surface area contributed by atoms with E-state index in [-0.39, 0.29) is 12.9 Å². The van der Waals surface area contributed by atoms with Crippen molar-refractivity contribution in [2.75, 3.05) is 32.6 Å². The van der Waals surface area contributed by atoms with E-state index in [2.05, 4.69) is 5.48 Å². The van der Waals surface area contributed by atoms with Gasteiger partial charge < -0.3 is 14.2 Å². The minimum atomic E-state index is 0.195. The van der Waals surface area contributed by atoms with Crippen LogP contribution in [0.2, 0.25) is 0 Å². The summed E-state index contributed by atoms with van der Waals surface area (Å²) in [6.07, 6.45) is 0.265. The number of epoxide rings is 1. The minimum Gasteiger partial charge on any atom is -0.491 e. The lowest BCUT2D eigenvalue weighted by Gasteiger charge is -2.08. The highest BCUT2D eigenvalue weighted by atomic mass is 16.7. The molecule has 1 aromatic rings. The first-order valence-corrected chi connectivity index (χ1v) is 5.09. The fourth-order valence-corrected chi connectivity index (χ4v) is 1.17. The van der Waals surface area contributed by atoms with E-state index in [1.807, 2.05) is 24.3 Å². The van der Waals surface area contributed by atoms with Crippen molar-refractivity contribution in [3.05, 3.63) is 24.3 Å². The molecule has 0 saturated carbocycles. The van der Waals surface area contributed by atoms with Crippen molar-refractivity contribution in [3.8, 4) is 5.75 Å². The molecule has 1 aromatic carbocycles. The molecule has 5 heteroatoms. The topological polar surface area (TPSA) is 52.2 Å². The van der Waals surface area contributed by atoms with Gasteiger partial charge >= 0.3 is 0 Å². The lowest BCUT2D eigenvalue weighted by Crippen LogP contribution is -2.06. The van der Waals surface area contributed by atoms with Crippen LogP contribution in [0.1, 0.15) is 0 Å². The predicted molar refractivity (Wildman–Crippen MR) is 58.3 cm³/mol. The Morgan fingerprint density at radius 3 is 3.12 bits per heavy atom. The first kappa shape index (κ1) is 11.2. The van der Waals surface area contributed by atoms with E-state index in [9.17, 15) is 0 Å². The Bertz CT molecular complexity index is 328. The first-order valence-electron chi connectivity index (χ1n) is 5.09. The number of hydrogen-bond donors (Lipinski definition) is 1. The molecule has 1 fully saturated rings. The highest BCUT2D eigenvalue weighted by molar-refractivity contribution is 5.46. The van der Waals surface area contributed by atoms with Crippen molar-refractivity contribution >= 4 is 5.69 Å². The van der Waals surface area contributed by atoms with Gasteiger partial charge in [-0.05, 0) is 12.1 Å². The van der Waals surface area contributed by atoms with E-state index in [1.165, 1.54) is 0 Å². The average Bonchev–Trinajstić information content (AvgIpc) is 3.11. The van der Waals surface area contributed by atoms with Crippen molar-refractivity contribution in [1.82, 2.24) is 0 Å². The zero-order valence-corrected chi connectivity index (χ0v) is 9.14. The van der Waals surface area contributed by atoms with Gasteiger partial charge in [0.2, 0.25) is 0 Å². The maximum Gasteiger partial charge on any atom is 0.172 e. The highest BCUT2D eigenvalue weighted by Gasteiger charge is 2.22. The van der Waals surface area contributed by atoms with Crippen LogP contribution in [0.25, 0.3) is 0 Å². The van der Waals surface area contributed by atoms with Crippen LogP contribution in [0, 0.1) is 0 Å². The third-order valence-corrected chi connectivity index (χ3v) is 2.04. The summed E-state index contributed by atoms with van der Waals surface area (Å²) in [5.41, 5.74) is 3.58. The van der Waals surface area contributed by atoms with Crippen molar-refractivity contribution in [1.29, 1.82) is 0 Å². The largest absolute Gasteiger partial charge is 0.491 e. The zero-order chi connectivity index (χ0) is 11.2. The van der Waals surface area contributed by atoms with Gasteiger partial charge in [0, 0.05) is 13.2 Å². The molecule has 0 radical (unpaired) electrons. The van der Waals surface area contributed by atoms with Crippen molar-refractivity contribution < 1.29 is 19.0 Å². The third kappa shape index (κ3) is 3.69. The van der Waals surface area contributed by atoms with Crippen molar-refractivity contribution in [3.63, 3.8) is 0 Å². The average molecular weight is 225 g/mol. The fraction of sp³-hybridized carbons (Fsp3) is 0.455. The summed E-state index contributed by atoms with van der Waals surface area (Å²) in [6.45, 7) is 1.60. The molecule has 1 aliphatic heterocycles. The molecule has 16 heavy (non-hydrogen) atoms. The number of nitrogens with one attached hydrogen (secondary N) is 1. The van der Waals surface area contributed by atoms with Crippen LogP contribution >= 0.6 is 0 Å². The lowest BCUT2D eigenvalue weighted by molar-refractivity contribution is -0.00400. The predicted octanol–water partition coefficient (Wildman–Crippen LogP) is 1.41. The van der Waals surface area contributed by atoms with Crippen LogP contribution < -0.4 is 10.2 Å². The Morgan fingerprint density at radius 1 is 1.50 bits per heavy atom. The third-order valence-electron chi connectivity index (χ3n) is 2.04. The van der Waals surface area contributed by atoms with Crippen LogP contribution in [0.4, 0.5) is 5.69 Å². The van der Waals surface area contributed by atoms with Gasteiger partial charge in [-0.15, -0.1) is 0 Å². The van der Waals surface area contributed by atoms with Gasteiger partial charge in [0.25, 0.3) is 0 Å². The van der Waals surface area contributed by atoms with Gasteiger partial charge in [0.05, 0.1) is 12.3 Å². The molecule has 1 heterocycles. The maximum atomic E-state index is 5.53. The number of rotatable bonds is 7. The van der Waals surface area contributed by atoms with Gasteiger partial charge in [-0.1, -0.05) is 6.07 Å². The van der Waals surface area contributed by atoms with E-state index >= 15 is 0 Å². The van der Waals surface area contributed by atoms with Gasteiger partial charge in [-0.3, -0.25) is 5.48 Å². The molecule has 1 unspecified atom stereocenters. The minimum absolute atomic E-state index is 0.195. The summed E-state index contributed by atoms with van der Waals surface area (Å²) in [6, 6.07) is 7.53. The second-order valence-corrected chi connectivity index (χ2v) is 3.45. The van der Waals surface area contributed by atoms with Crippen LogP contribution in [0.15, 0.2) is 24.3 Å². The molecule has 0 aromatic heterocycles. The Hall–Kier alpha value is -1.30. The summed E-state index contributed by atoms with van der Waals surface area (Å²) in [5.74, 6) is 0.793. The van der Waals surface area contributed by atoms with Crippen molar-refractivity contribution in [2.24, 2.45) is 0 Å². The SMILES string of the molecule is COCONc1cccc(OCC2CO2)c1. The van der Waals surface area contributed by atoms with Crippen LogP contribution in [0.3, 0.4) is 0 Å². The number of ether oxygens (including phenoxy) is 3. The van der Waals surface area contributed by atoms with Gasteiger partial charge in [0.1, 0.15) is 18.5 Å². The molecule has 0 spiro atoms. The number of benzene rings is 1. The maximum absolute atomic E-state index is 5.53. The summed E-state index contributed by atoms with van der Waals surface area (Å²) in [7, 11) is 1.57. The normalized spacial score (nSPS) is 18.2. The molecule has 1 aliphatic rings. The van der Waals surface area contributed by atoms with E-state index in [1.54, 1.807) is 7.11 Å². The molecule has 1 saturated heterocycles. The molecule has 0 aliphatic carbocycles. The molecular formula is C11H15NO4. The van der Waals surface area contributed by atoms with E-state index in [4.69, 9.17) is 19.0 Å². The summed E-state index contributed by atoms with van der Waals surface area (Å²) in [4.78, 5) is 5.01. The molecule has 88 valence electrons. The molecular weight excluding hydrogens is 210 g/mol. The number of anilines is 1. The lowest BCUT2D eigenvalue weighted by atomic mass is 10.3. The molecule has 2 rings (SSSR count). The summed E-state index contributed by atoms with van der Waals surface area (Å²) >= 11 is 0. The van der Waals surface area contributed by atoms with Crippen LogP contribution in [-0.2, 0) is 14.3 Å². The Labute approximate surface area is 94.2 Å². The second kappa shape index (κ2) is 5.69. The van der Waals surface area contributed by atoms with Crippen LogP contribution in [-0.4, -0.2) is 33.2 Å². The van der Waals surface area contributed by atoms with Gasteiger partial charge in [-0.25, -0.2) is 4.84 Å². The smallest absolute Gasteiger partial charge is 0.172 e. The highest BCUT2D eigenvalue weighted by Crippen LogP contribution is 2.19. The second-order valence-electron chi connectivity index (χ2n) is 3.45. The molecule has 5 nitrogen and oxygen atoms in total. The van der Waals surface area contributed by atoms with Crippen LogP contribution in [0.5, 0.6) is 5.75 Å². The Kier molecular flexibility index (Phi) is 3.98. The first-order chi connectivity index (χ1) is 7.88.